The summed E-state index contributed by atoms with van der Waals surface area (Å²) in [6.45, 7) is 0.381. The van der Waals surface area contributed by atoms with Crippen molar-refractivity contribution < 1.29 is 9.50 Å². The molecule has 0 fully saturated rings. The third-order valence-electron chi connectivity index (χ3n) is 3.40. The fourth-order valence-electron chi connectivity index (χ4n) is 2.40. The molecule has 21 heavy (non-hydrogen) atoms. The fourth-order valence-corrected chi connectivity index (χ4v) is 2.81. The Balaban J connectivity index is 1.77. The van der Waals surface area contributed by atoms with Crippen LogP contribution in [-0.2, 0) is 13.0 Å². The third-order valence-corrected chi connectivity index (χ3v) is 3.89. The first-order valence-corrected chi connectivity index (χ1v) is 7.44. The van der Waals surface area contributed by atoms with Crippen molar-refractivity contribution in [3.05, 3.63) is 64.6 Å². The molecule has 0 aliphatic rings. The number of aliphatic hydroxyl groups excluding tert-OH is 1. The highest BCUT2D eigenvalue weighted by Gasteiger charge is 2.12. The number of para-hydroxylation sites is 2. The monoisotopic (exact) mass is 348 g/mol. The Morgan fingerprint density at radius 2 is 2.05 bits per heavy atom. The summed E-state index contributed by atoms with van der Waals surface area (Å²) in [5.41, 5.74) is 2.35. The molecule has 1 N–H and O–H groups in total. The standard InChI is InChI=1S/C16H14BrFN2O/c17-12-5-6-14(18)11(7-12)8-13(21)9-20-10-19-15-3-1-2-4-16(15)20/h1-7,10,13,21H,8-9H2. The zero-order valence-corrected chi connectivity index (χ0v) is 12.8. The molecule has 0 bridgehead atoms. The number of aromatic nitrogens is 2. The molecule has 0 spiro atoms. The van der Waals surface area contributed by atoms with Gasteiger partial charge < -0.3 is 9.67 Å². The van der Waals surface area contributed by atoms with Gasteiger partial charge in [-0.25, -0.2) is 9.37 Å². The molecule has 5 heteroatoms. The van der Waals surface area contributed by atoms with E-state index in [1.54, 1.807) is 18.5 Å². The van der Waals surface area contributed by atoms with Gasteiger partial charge in [0.05, 0.1) is 30.0 Å². The largest absolute Gasteiger partial charge is 0.391 e. The minimum absolute atomic E-state index is 0.262. The number of hydrogen-bond acceptors (Lipinski definition) is 2. The number of halogens is 2. The van der Waals surface area contributed by atoms with E-state index in [-0.39, 0.29) is 12.2 Å². The van der Waals surface area contributed by atoms with Crippen LogP contribution in [0.15, 0.2) is 53.3 Å². The van der Waals surface area contributed by atoms with Crippen LogP contribution in [0.5, 0.6) is 0 Å². The van der Waals surface area contributed by atoms with Crippen molar-refractivity contribution in [2.24, 2.45) is 0 Å². The van der Waals surface area contributed by atoms with Crippen molar-refractivity contribution in [1.82, 2.24) is 9.55 Å². The van der Waals surface area contributed by atoms with E-state index < -0.39 is 6.10 Å². The minimum atomic E-state index is -0.675. The summed E-state index contributed by atoms with van der Waals surface area (Å²) in [4.78, 5) is 4.28. The molecule has 1 unspecified atom stereocenters. The minimum Gasteiger partial charge on any atom is -0.391 e. The molecule has 1 aromatic heterocycles. The van der Waals surface area contributed by atoms with Crippen LogP contribution in [0.25, 0.3) is 11.0 Å². The number of nitrogens with zero attached hydrogens (tertiary/aromatic N) is 2. The van der Waals surface area contributed by atoms with Gasteiger partial charge in [-0.3, -0.25) is 0 Å². The maximum absolute atomic E-state index is 13.7. The van der Waals surface area contributed by atoms with Crippen LogP contribution >= 0.6 is 15.9 Å². The van der Waals surface area contributed by atoms with Crippen LogP contribution < -0.4 is 0 Å². The van der Waals surface area contributed by atoms with E-state index in [0.717, 1.165) is 15.5 Å². The van der Waals surface area contributed by atoms with Gasteiger partial charge in [-0.05, 0) is 35.9 Å². The van der Waals surface area contributed by atoms with Gasteiger partial charge >= 0.3 is 0 Å². The molecule has 0 aliphatic heterocycles. The second-order valence-corrected chi connectivity index (χ2v) is 5.90. The van der Waals surface area contributed by atoms with E-state index >= 15 is 0 Å². The summed E-state index contributed by atoms with van der Waals surface area (Å²) in [7, 11) is 0. The maximum atomic E-state index is 13.7. The summed E-state index contributed by atoms with van der Waals surface area (Å²) in [5.74, 6) is -0.298. The summed E-state index contributed by atoms with van der Waals surface area (Å²) >= 11 is 3.32. The second-order valence-electron chi connectivity index (χ2n) is 4.98. The lowest BCUT2D eigenvalue weighted by Gasteiger charge is -2.13. The summed E-state index contributed by atoms with van der Waals surface area (Å²) in [5, 5.41) is 10.2. The SMILES string of the molecule is OC(Cc1cc(Br)ccc1F)Cn1cnc2ccccc21. The zero-order valence-electron chi connectivity index (χ0n) is 11.2. The van der Waals surface area contributed by atoms with Crippen molar-refractivity contribution in [2.75, 3.05) is 0 Å². The van der Waals surface area contributed by atoms with Crippen LogP contribution in [0.2, 0.25) is 0 Å². The van der Waals surface area contributed by atoms with Crippen LogP contribution in [0, 0.1) is 5.82 Å². The quantitative estimate of drug-likeness (QED) is 0.782. The van der Waals surface area contributed by atoms with Crippen molar-refractivity contribution in [1.29, 1.82) is 0 Å². The molecule has 0 saturated carbocycles. The molecule has 0 amide bonds. The normalized spacial score (nSPS) is 12.7. The summed E-state index contributed by atoms with van der Waals surface area (Å²) < 4.78 is 16.4. The highest BCUT2D eigenvalue weighted by Crippen LogP contribution is 2.18. The van der Waals surface area contributed by atoms with Gasteiger partial charge in [0.2, 0.25) is 0 Å². The Morgan fingerprint density at radius 1 is 1.24 bits per heavy atom. The molecule has 0 aliphatic carbocycles. The zero-order chi connectivity index (χ0) is 14.8. The van der Waals surface area contributed by atoms with E-state index in [2.05, 4.69) is 20.9 Å². The maximum Gasteiger partial charge on any atom is 0.126 e. The Morgan fingerprint density at radius 3 is 2.90 bits per heavy atom. The van der Waals surface area contributed by atoms with Gasteiger partial charge in [-0.15, -0.1) is 0 Å². The molecule has 3 aromatic rings. The number of rotatable bonds is 4. The molecule has 3 nitrogen and oxygen atoms in total. The molecule has 1 atom stereocenters. The van der Waals surface area contributed by atoms with Crippen LogP contribution in [0.1, 0.15) is 5.56 Å². The average molecular weight is 349 g/mol. The van der Waals surface area contributed by atoms with E-state index in [1.165, 1.54) is 6.07 Å². The van der Waals surface area contributed by atoms with Gasteiger partial charge in [-0.1, -0.05) is 28.1 Å². The highest BCUT2D eigenvalue weighted by molar-refractivity contribution is 9.10. The molecule has 0 radical (unpaired) electrons. The first kappa shape index (κ1) is 14.2. The lowest BCUT2D eigenvalue weighted by Crippen LogP contribution is -2.18. The van der Waals surface area contributed by atoms with Crippen LogP contribution in [0.4, 0.5) is 4.39 Å². The smallest absolute Gasteiger partial charge is 0.126 e. The fraction of sp³-hybridized carbons (Fsp3) is 0.188. The summed E-state index contributed by atoms with van der Waals surface area (Å²) in [6, 6.07) is 12.5. The van der Waals surface area contributed by atoms with E-state index in [0.29, 0.717) is 12.1 Å². The van der Waals surface area contributed by atoms with Gasteiger partial charge in [0.1, 0.15) is 5.82 Å². The number of imidazole rings is 1. The predicted molar refractivity (Wildman–Crippen MR) is 83.5 cm³/mol. The Kier molecular flexibility index (Phi) is 4.03. The molecule has 3 rings (SSSR count). The molecular weight excluding hydrogens is 335 g/mol. The lowest BCUT2D eigenvalue weighted by molar-refractivity contribution is 0.154. The Hall–Kier alpha value is -1.72. The van der Waals surface area contributed by atoms with Crippen molar-refractivity contribution >= 4 is 27.0 Å². The first-order valence-electron chi connectivity index (χ1n) is 6.65. The van der Waals surface area contributed by atoms with Crippen LogP contribution in [0.3, 0.4) is 0 Å². The van der Waals surface area contributed by atoms with E-state index in [4.69, 9.17) is 0 Å². The predicted octanol–water partition coefficient (Wildman–Crippen LogP) is 3.54. The van der Waals surface area contributed by atoms with Crippen LogP contribution in [-0.4, -0.2) is 20.8 Å². The van der Waals surface area contributed by atoms with Crippen molar-refractivity contribution in [3.63, 3.8) is 0 Å². The Labute approximate surface area is 130 Å². The molecule has 2 aromatic carbocycles. The van der Waals surface area contributed by atoms with Gasteiger partial charge in [-0.2, -0.15) is 0 Å². The lowest BCUT2D eigenvalue weighted by atomic mass is 10.1. The highest BCUT2D eigenvalue weighted by atomic mass is 79.9. The molecular formula is C16H14BrFN2O. The number of benzene rings is 2. The van der Waals surface area contributed by atoms with Gasteiger partial charge in [0, 0.05) is 10.9 Å². The molecule has 108 valence electrons. The van der Waals surface area contributed by atoms with E-state index in [9.17, 15) is 9.50 Å². The van der Waals surface area contributed by atoms with E-state index in [1.807, 2.05) is 28.8 Å². The average Bonchev–Trinajstić information content (AvgIpc) is 2.86. The topological polar surface area (TPSA) is 38.0 Å². The van der Waals surface area contributed by atoms with Crippen molar-refractivity contribution in [2.45, 2.75) is 19.1 Å². The van der Waals surface area contributed by atoms with Gasteiger partial charge in [0.25, 0.3) is 0 Å². The second kappa shape index (κ2) is 5.95. The summed E-state index contributed by atoms with van der Waals surface area (Å²) in [6.07, 6.45) is 1.29. The molecule has 1 heterocycles. The number of fused-ring (bicyclic) bond motifs is 1. The molecule has 0 saturated heterocycles. The Bertz CT molecular complexity index is 772. The number of aliphatic hydroxyl groups is 1. The third kappa shape index (κ3) is 3.14. The number of hydrogen-bond donors (Lipinski definition) is 1. The van der Waals surface area contributed by atoms with Gasteiger partial charge in [0.15, 0.2) is 0 Å². The van der Waals surface area contributed by atoms with Crippen molar-refractivity contribution in [3.8, 4) is 0 Å². The first-order chi connectivity index (χ1) is 10.1.